The van der Waals surface area contributed by atoms with Gasteiger partial charge in [-0.05, 0) is 37.5 Å². The molecule has 0 radical (unpaired) electrons. The number of sulfone groups is 1. The second-order valence-electron chi connectivity index (χ2n) is 5.98. The van der Waals surface area contributed by atoms with Gasteiger partial charge in [0.2, 0.25) is 0 Å². The molecule has 1 N–H and O–H groups in total. The fourth-order valence-corrected chi connectivity index (χ4v) is 3.79. The summed E-state index contributed by atoms with van der Waals surface area (Å²) in [6.07, 6.45) is 4.60. The first-order valence-electron chi connectivity index (χ1n) is 6.14. The second kappa shape index (κ2) is 5.05. The number of hydrogen-bond donors (Lipinski definition) is 1. The van der Waals surface area contributed by atoms with Gasteiger partial charge in [-0.1, -0.05) is 13.8 Å². The maximum atomic E-state index is 11.3. The van der Waals surface area contributed by atoms with Gasteiger partial charge >= 0.3 is 0 Å². The summed E-state index contributed by atoms with van der Waals surface area (Å²) in [5, 5.41) is 3.47. The van der Waals surface area contributed by atoms with Crippen LogP contribution in [0.1, 0.15) is 40.0 Å². The molecule has 0 amide bonds. The van der Waals surface area contributed by atoms with E-state index >= 15 is 0 Å². The fourth-order valence-electron chi connectivity index (χ4n) is 2.29. The van der Waals surface area contributed by atoms with E-state index in [-0.39, 0.29) is 5.41 Å². The van der Waals surface area contributed by atoms with E-state index in [4.69, 9.17) is 0 Å². The zero-order valence-corrected chi connectivity index (χ0v) is 11.7. The molecule has 0 spiro atoms. The van der Waals surface area contributed by atoms with Crippen LogP contribution < -0.4 is 5.32 Å². The molecule has 3 nitrogen and oxygen atoms in total. The summed E-state index contributed by atoms with van der Waals surface area (Å²) in [6.45, 7) is 7.45. The third kappa shape index (κ3) is 5.30. The average molecular weight is 247 g/mol. The van der Waals surface area contributed by atoms with Crippen LogP contribution in [-0.2, 0) is 9.84 Å². The molecule has 16 heavy (non-hydrogen) atoms. The Morgan fingerprint density at radius 2 is 1.81 bits per heavy atom. The summed E-state index contributed by atoms with van der Waals surface area (Å²) in [5.74, 6) is 1.04. The Bertz CT molecular complexity index is 318. The fraction of sp³-hybridized carbons (Fsp3) is 1.00. The third-order valence-corrected chi connectivity index (χ3v) is 4.31. The molecule has 1 atom stereocenters. The zero-order valence-electron chi connectivity index (χ0n) is 10.9. The maximum Gasteiger partial charge on any atom is 0.148 e. The van der Waals surface area contributed by atoms with Gasteiger partial charge in [-0.15, -0.1) is 0 Å². The highest BCUT2D eigenvalue weighted by Gasteiger charge is 2.44. The summed E-state index contributed by atoms with van der Waals surface area (Å²) in [6, 6.07) is 0.483. The quantitative estimate of drug-likeness (QED) is 0.746. The summed E-state index contributed by atoms with van der Waals surface area (Å²) >= 11 is 0. The molecular weight excluding hydrogens is 222 g/mol. The van der Waals surface area contributed by atoms with Crippen molar-refractivity contribution in [2.24, 2.45) is 11.3 Å². The lowest BCUT2D eigenvalue weighted by molar-refractivity contribution is 0.398. The minimum absolute atomic E-state index is 0.0544. The zero-order chi connectivity index (χ0) is 12.4. The maximum absolute atomic E-state index is 11.3. The minimum Gasteiger partial charge on any atom is -0.314 e. The van der Waals surface area contributed by atoms with Crippen molar-refractivity contribution in [2.45, 2.75) is 46.1 Å². The Balaban J connectivity index is 2.32. The average Bonchev–Trinajstić information content (AvgIpc) is 2.78. The normalized spacial score (nSPS) is 21.1. The highest BCUT2D eigenvalue weighted by molar-refractivity contribution is 7.90. The lowest BCUT2D eigenvalue weighted by Crippen LogP contribution is -2.35. The highest BCUT2D eigenvalue weighted by atomic mass is 32.2. The van der Waals surface area contributed by atoms with Crippen molar-refractivity contribution < 1.29 is 8.42 Å². The van der Waals surface area contributed by atoms with Gasteiger partial charge in [0.15, 0.2) is 0 Å². The minimum atomic E-state index is -2.83. The van der Waals surface area contributed by atoms with E-state index in [2.05, 4.69) is 26.1 Å². The van der Waals surface area contributed by atoms with Crippen LogP contribution in [0.2, 0.25) is 0 Å². The summed E-state index contributed by atoms with van der Waals surface area (Å²) in [4.78, 5) is 0. The molecule has 1 aliphatic rings. The molecule has 0 heterocycles. The van der Waals surface area contributed by atoms with Crippen molar-refractivity contribution in [1.29, 1.82) is 0 Å². The Morgan fingerprint density at radius 3 is 2.19 bits per heavy atom. The summed E-state index contributed by atoms with van der Waals surface area (Å²) < 4.78 is 22.6. The van der Waals surface area contributed by atoms with Crippen molar-refractivity contribution in [1.82, 2.24) is 5.32 Å². The molecule has 0 aliphatic heterocycles. The molecule has 1 unspecified atom stereocenters. The first-order chi connectivity index (χ1) is 7.22. The Hall–Kier alpha value is -0.0900. The van der Waals surface area contributed by atoms with Crippen LogP contribution in [0.3, 0.4) is 0 Å². The Morgan fingerprint density at radius 1 is 1.25 bits per heavy atom. The topological polar surface area (TPSA) is 46.2 Å². The van der Waals surface area contributed by atoms with Crippen LogP contribution >= 0.6 is 0 Å². The van der Waals surface area contributed by atoms with E-state index in [1.807, 2.05) is 0 Å². The van der Waals surface area contributed by atoms with Crippen molar-refractivity contribution in [2.75, 3.05) is 18.6 Å². The first kappa shape index (κ1) is 14.0. The number of nitrogens with one attached hydrogen (secondary N) is 1. The second-order valence-corrected chi connectivity index (χ2v) is 8.12. The molecule has 0 aromatic carbocycles. The molecule has 4 heteroatoms. The van der Waals surface area contributed by atoms with Gasteiger partial charge in [-0.2, -0.15) is 0 Å². The molecule has 0 bridgehead atoms. The highest BCUT2D eigenvalue weighted by Crippen LogP contribution is 2.46. The standard InChI is InChI=1S/C12H25NO2S/c1-10(2)7-11(3)13-8-12(5-6-12)9-16(4,14)15/h10-11,13H,5-9H2,1-4H3. The van der Waals surface area contributed by atoms with E-state index in [1.54, 1.807) is 0 Å². The van der Waals surface area contributed by atoms with Gasteiger partial charge in [-0.25, -0.2) is 8.42 Å². The molecule has 1 saturated carbocycles. The summed E-state index contributed by atoms with van der Waals surface area (Å²) in [7, 11) is -2.83. The van der Waals surface area contributed by atoms with Gasteiger partial charge in [0.05, 0.1) is 5.75 Å². The van der Waals surface area contributed by atoms with Gasteiger partial charge in [0, 0.05) is 18.8 Å². The first-order valence-corrected chi connectivity index (χ1v) is 8.20. The van der Waals surface area contributed by atoms with Crippen molar-refractivity contribution in [3.05, 3.63) is 0 Å². The lowest BCUT2D eigenvalue weighted by atomic mass is 10.0. The SMILES string of the molecule is CC(C)CC(C)NCC1(CS(C)(=O)=O)CC1. The molecule has 1 rings (SSSR count). The van der Waals surface area contributed by atoms with Gasteiger partial charge in [-0.3, -0.25) is 0 Å². The monoisotopic (exact) mass is 247 g/mol. The third-order valence-electron chi connectivity index (χ3n) is 3.18. The van der Waals surface area contributed by atoms with Crippen LogP contribution in [0.5, 0.6) is 0 Å². The van der Waals surface area contributed by atoms with E-state index < -0.39 is 9.84 Å². The van der Waals surface area contributed by atoms with Crippen molar-refractivity contribution >= 4 is 9.84 Å². The van der Waals surface area contributed by atoms with Gasteiger partial charge in [0.1, 0.15) is 9.84 Å². The molecule has 96 valence electrons. The van der Waals surface area contributed by atoms with Gasteiger partial charge < -0.3 is 5.32 Å². The van der Waals surface area contributed by atoms with Crippen LogP contribution in [0, 0.1) is 11.3 Å². The molecule has 0 aromatic rings. The predicted molar refractivity (Wildman–Crippen MR) is 68.3 cm³/mol. The van der Waals surface area contributed by atoms with Crippen LogP contribution in [0.15, 0.2) is 0 Å². The molecular formula is C12H25NO2S. The molecule has 1 aliphatic carbocycles. The predicted octanol–water partition coefficient (Wildman–Crippen LogP) is 1.84. The van der Waals surface area contributed by atoms with E-state index in [1.165, 1.54) is 6.26 Å². The van der Waals surface area contributed by atoms with Crippen molar-refractivity contribution in [3.63, 3.8) is 0 Å². The Labute approximate surface area is 99.9 Å². The Kier molecular flexibility index (Phi) is 4.41. The largest absolute Gasteiger partial charge is 0.314 e. The smallest absolute Gasteiger partial charge is 0.148 e. The van der Waals surface area contributed by atoms with E-state index in [0.717, 1.165) is 25.8 Å². The molecule has 0 saturated heterocycles. The van der Waals surface area contributed by atoms with E-state index in [9.17, 15) is 8.42 Å². The lowest BCUT2D eigenvalue weighted by Gasteiger charge is -2.20. The molecule has 1 fully saturated rings. The van der Waals surface area contributed by atoms with Crippen LogP contribution in [0.25, 0.3) is 0 Å². The number of rotatable bonds is 7. The van der Waals surface area contributed by atoms with Gasteiger partial charge in [0.25, 0.3) is 0 Å². The van der Waals surface area contributed by atoms with E-state index in [0.29, 0.717) is 17.7 Å². The summed E-state index contributed by atoms with van der Waals surface area (Å²) in [5.41, 5.74) is 0.0544. The number of hydrogen-bond acceptors (Lipinski definition) is 3. The molecule has 0 aromatic heterocycles. The van der Waals surface area contributed by atoms with Crippen molar-refractivity contribution in [3.8, 4) is 0 Å². The van der Waals surface area contributed by atoms with Crippen LogP contribution in [-0.4, -0.2) is 33.0 Å². The van der Waals surface area contributed by atoms with Crippen LogP contribution in [0.4, 0.5) is 0 Å².